The fourth-order valence-electron chi connectivity index (χ4n) is 1.08. The van der Waals surface area contributed by atoms with Crippen LogP contribution in [-0.4, -0.2) is 4.74 Å². The van der Waals surface area contributed by atoms with Crippen molar-refractivity contribution in [2.45, 2.75) is 13.8 Å². The zero-order valence-corrected chi connectivity index (χ0v) is 6.97. The summed E-state index contributed by atoms with van der Waals surface area (Å²) in [4.78, 5) is 11.2. The third-order valence-electron chi connectivity index (χ3n) is 1.55. The zero-order valence-electron chi connectivity index (χ0n) is 6.97. The highest BCUT2D eigenvalue weighted by Crippen LogP contribution is 2.11. The molecule has 0 saturated heterocycles. The third kappa shape index (κ3) is 1.13. The molecular formula is C8H11NO2. The first-order valence-corrected chi connectivity index (χ1v) is 3.37. The van der Waals surface area contributed by atoms with E-state index in [1.807, 2.05) is 0 Å². The minimum Gasteiger partial charge on any atom is -0.381 e. The molecular weight excluding hydrogens is 142 g/mol. The molecule has 0 unspecified atom stereocenters. The molecule has 3 heteroatoms. The molecule has 0 aliphatic heterocycles. The molecule has 3 nitrogen and oxygen atoms in total. The van der Waals surface area contributed by atoms with Crippen LogP contribution in [0.3, 0.4) is 0 Å². The van der Waals surface area contributed by atoms with Crippen LogP contribution in [0.1, 0.15) is 18.2 Å². The van der Waals surface area contributed by atoms with Crippen LogP contribution in [0.4, 0.5) is 0 Å². The molecule has 0 aliphatic rings. The van der Waals surface area contributed by atoms with Gasteiger partial charge in [0.1, 0.15) is 5.76 Å². The summed E-state index contributed by atoms with van der Waals surface area (Å²) in [7, 11) is 1.59. The van der Waals surface area contributed by atoms with Crippen molar-refractivity contribution < 1.29 is 4.52 Å². The number of rotatable bonds is 1. The van der Waals surface area contributed by atoms with Crippen molar-refractivity contribution in [3.05, 3.63) is 28.3 Å². The quantitative estimate of drug-likeness (QED) is 0.610. The van der Waals surface area contributed by atoms with Crippen molar-refractivity contribution in [1.82, 2.24) is 4.74 Å². The summed E-state index contributed by atoms with van der Waals surface area (Å²) in [6.45, 7) is 7.23. The van der Waals surface area contributed by atoms with E-state index in [2.05, 4.69) is 6.58 Å². The smallest absolute Gasteiger partial charge is 0.289 e. The van der Waals surface area contributed by atoms with E-state index in [1.165, 1.54) is 4.74 Å². The Morgan fingerprint density at radius 1 is 1.64 bits per heavy atom. The van der Waals surface area contributed by atoms with E-state index >= 15 is 0 Å². The lowest BCUT2D eigenvalue weighted by atomic mass is 10.1. The molecule has 0 saturated carbocycles. The maximum Gasteiger partial charge on any atom is 0.289 e. The van der Waals surface area contributed by atoms with Gasteiger partial charge >= 0.3 is 0 Å². The molecule has 1 aromatic rings. The number of hydrogen-bond donors (Lipinski definition) is 0. The number of hydrogen-bond acceptors (Lipinski definition) is 2. The molecule has 0 fully saturated rings. The molecule has 1 rings (SSSR count). The lowest BCUT2D eigenvalue weighted by Gasteiger charge is -1.88. The van der Waals surface area contributed by atoms with Crippen molar-refractivity contribution in [3.63, 3.8) is 0 Å². The molecule has 1 aromatic heterocycles. The van der Waals surface area contributed by atoms with Gasteiger partial charge in [-0.3, -0.25) is 4.79 Å². The highest BCUT2D eigenvalue weighted by atomic mass is 16.5. The SMILES string of the molecule is C=C(C)c1c(C)on(C)c1=O. The first-order chi connectivity index (χ1) is 5.04. The van der Waals surface area contributed by atoms with E-state index in [1.54, 1.807) is 20.9 Å². The largest absolute Gasteiger partial charge is 0.381 e. The normalized spacial score (nSPS) is 10.1. The summed E-state index contributed by atoms with van der Waals surface area (Å²) in [6.07, 6.45) is 0. The summed E-state index contributed by atoms with van der Waals surface area (Å²) in [5.41, 5.74) is 1.22. The molecule has 11 heavy (non-hydrogen) atoms. The van der Waals surface area contributed by atoms with Gasteiger partial charge in [0.05, 0.1) is 5.56 Å². The molecule has 0 radical (unpaired) electrons. The van der Waals surface area contributed by atoms with E-state index in [9.17, 15) is 4.79 Å². The Kier molecular flexibility index (Phi) is 1.72. The van der Waals surface area contributed by atoms with Crippen LogP contribution < -0.4 is 5.56 Å². The Hall–Kier alpha value is -1.25. The Labute approximate surface area is 64.9 Å². The lowest BCUT2D eigenvalue weighted by Crippen LogP contribution is -2.12. The van der Waals surface area contributed by atoms with Gasteiger partial charge in [0, 0.05) is 7.05 Å². The predicted octanol–water partition coefficient (Wildman–Crippen LogP) is 1.32. The average molecular weight is 153 g/mol. The molecule has 0 amide bonds. The fourth-order valence-corrected chi connectivity index (χ4v) is 1.08. The van der Waals surface area contributed by atoms with Gasteiger partial charge in [-0.25, -0.2) is 0 Å². The van der Waals surface area contributed by atoms with E-state index in [0.717, 1.165) is 5.57 Å². The van der Waals surface area contributed by atoms with Crippen LogP contribution in [-0.2, 0) is 7.05 Å². The van der Waals surface area contributed by atoms with Crippen molar-refractivity contribution in [1.29, 1.82) is 0 Å². The molecule has 0 aromatic carbocycles. The molecule has 0 N–H and O–H groups in total. The summed E-state index contributed by atoms with van der Waals surface area (Å²) in [5.74, 6) is 0.630. The van der Waals surface area contributed by atoms with Crippen LogP contribution in [0.5, 0.6) is 0 Å². The van der Waals surface area contributed by atoms with Crippen LogP contribution >= 0.6 is 0 Å². The Morgan fingerprint density at radius 3 is 2.36 bits per heavy atom. The molecule has 1 heterocycles. The Balaban J connectivity index is 3.47. The first-order valence-electron chi connectivity index (χ1n) is 3.37. The van der Waals surface area contributed by atoms with Crippen LogP contribution in [0.2, 0.25) is 0 Å². The van der Waals surface area contributed by atoms with Crippen molar-refractivity contribution in [2.75, 3.05) is 0 Å². The van der Waals surface area contributed by atoms with Gasteiger partial charge in [-0.1, -0.05) is 6.58 Å². The molecule has 60 valence electrons. The fraction of sp³-hybridized carbons (Fsp3) is 0.375. The number of aryl methyl sites for hydroxylation is 2. The number of nitrogens with zero attached hydrogens (tertiary/aromatic N) is 1. The van der Waals surface area contributed by atoms with Gasteiger partial charge < -0.3 is 4.52 Å². The average Bonchev–Trinajstić information content (AvgIpc) is 2.07. The zero-order chi connectivity index (χ0) is 8.59. The Morgan fingerprint density at radius 2 is 2.18 bits per heavy atom. The van der Waals surface area contributed by atoms with Crippen LogP contribution in [0, 0.1) is 6.92 Å². The maximum atomic E-state index is 11.2. The minimum atomic E-state index is -0.116. The monoisotopic (exact) mass is 153 g/mol. The minimum absolute atomic E-state index is 0.116. The summed E-state index contributed by atoms with van der Waals surface area (Å²) < 4.78 is 6.26. The highest BCUT2D eigenvalue weighted by Gasteiger charge is 2.10. The van der Waals surface area contributed by atoms with E-state index in [4.69, 9.17) is 4.52 Å². The van der Waals surface area contributed by atoms with Crippen molar-refractivity contribution >= 4 is 5.57 Å². The van der Waals surface area contributed by atoms with Gasteiger partial charge in [0.15, 0.2) is 0 Å². The van der Waals surface area contributed by atoms with Gasteiger partial charge in [0.25, 0.3) is 5.56 Å². The molecule has 0 spiro atoms. The second-order valence-electron chi connectivity index (χ2n) is 2.61. The van der Waals surface area contributed by atoms with E-state index < -0.39 is 0 Å². The van der Waals surface area contributed by atoms with Gasteiger partial charge in [0.2, 0.25) is 0 Å². The first kappa shape index (κ1) is 7.85. The van der Waals surface area contributed by atoms with Crippen LogP contribution in [0.25, 0.3) is 5.57 Å². The van der Waals surface area contributed by atoms with Gasteiger partial charge in [-0.15, -0.1) is 0 Å². The molecule has 0 atom stereocenters. The summed E-state index contributed by atoms with van der Waals surface area (Å²) >= 11 is 0. The van der Waals surface area contributed by atoms with E-state index in [0.29, 0.717) is 11.3 Å². The van der Waals surface area contributed by atoms with Crippen LogP contribution in [0.15, 0.2) is 15.9 Å². The highest BCUT2D eigenvalue weighted by molar-refractivity contribution is 5.61. The summed E-state index contributed by atoms with van der Waals surface area (Å²) in [5, 5.41) is 0. The van der Waals surface area contributed by atoms with Gasteiger partial charge in [-0.2, -0.15) is 4.74 Å². The predicted molar refractivity (Wildman–Crippen MR) is 43.4 cm³/mol. The standard InChI is InChI=1S/C8H11NO2/c1-5(2)7-6(3)11-9(4)8(7)10/h1H2,2-4H3. The number of aromatic nitrogens is 1. The topological polar surface area (TPSA) is 35.1 Å². The Bertz CT molecular complexity index is 343. The van der Waals surface area contributed by atoms with Gasteiger partial charge in [-0.05, 0) is 19.4 Å². The van der Waals surface area contributed by atoms with Crippen molar-refractivity contribution in [3.8, 4) is 0 Å². The summed E-state index contributed by atoms with van der Waals surface area (Å²) in [6, 6.07) is 0. The van der Waals surface area contributed by atoms with Crippen molar-refractivity contribution in [2.24, 2.45) is 7.05 Å². The maximum absolute atomic E-state index is 11.2. The lowest BCUT2D eigenvalue weighted by molar-refractivity contribution is 0.283. The second-order valence-corrected chi connectivity index (χ2v) is 2.61. The number of allylic oxidation sites excluding steroid dienone is 1. The molecule has 0 aliphatic carbocycles. The molecule has 0 bridgehead atoms. The van der Waals surface area contributed by atoms with E-state index in [-0.39, 0.29) is 5.56 Å². The second kappa shape index (κ2) is 2.42. The third-order valence-corrected chi connectivity index (χ3v) is 1.55.